The fraction of sp³-hybridized carbons (Fsp3) is 0.400. The minimum Gasteiger partial charge on any atom is -0.344 e. The SMILES string of the molecule is CC(CCl)(CCl)NC(=O)c1ccncc1. The molecule has 0 bridgehead atoms. The van der Waals surface area contributed by atoms with Crippen LogP contribution in [-0.4, -0.2) is 28.2 Å². The van der Waals surface area contributed by atoms with E-state index in [4.69, 9.17) is 23.2 Å². The lowest BCUT2D eigenvalue weighted by Crippen LogP contribution is -2.49. The zero-order valence-corrected chi connectivity index (χ0v) is 9.85. The Kier molecular flexibility index (Phi) is 4.36. The molecule has 15 heavy (non-hydrogen) atoms. The first kappa shape index (κ1) is 12.3. The Morgan fingerprint density at radius 2 is 1.93 bits per heavy atom. The summed E-state index contributed by atoms with van der Waals surface area (Å²) in [4.78, 5) is 15.6. The first-order valence-corrected chi connectivity index (χ1v) is 5.53. The van der Waals surface area contributed by atoms with E-state index in [2.05, 4.69) is 10.3 Å². The summed E-state index contributed by atoms with van der Waals surface area (Å²) in [6.07, 6.45) is 3.13. The lowest BCUT2D eigenvalue weighted by molar-refractivity contribution is 0.0921. The number of halogens is 2. The van der Waals surface area contributed by atoms with Gasteiger partial charge in [-0.1, -0.05) is 0 Å². The number of carbonyl (C=O) groups is 1. The minimum absolute atomic E-state index is 0.193. The van der Waals surface area contributed by atoms with Gasteiger partial charge in [0, 0.05) is 29.7 Å². The van der Waals surface area contributed by atoms with Crippen LogP contribution in [0.1, 0.15) is 17.3 Å². The van der Waals surface area contributed by atoms with Crippen LogP contribution in [0, 0.1) is 0 Å². The van der Waals surface area contributed by atoms with E-state index in [0.29, 0.717) is 5.56 Å². The van der Waals surface area contributed by atoms with Gasteiger partial charge < -0.3 is 5.32 Å². The van der Waals surface area contributed by atoms with Crippen LogP contribution >= 0.6 is 23.2 Å². The van der Waals surface area contributed by atoms with Crippen molar-refractivity contribution in [2.45, 2.75) is 12.5 Å². The number of hydrogen-bond acceptors (Lipinski definition) is 2. The summed E-state index contributed by atoms with van der Waals surface area (Å²) >= 11 is 11.5. The molecule has 5 heteroatoms. The van der Waals surface area contributed by atoms with E-state index < -0.39 is 5.54 Å². The summed E-state index contributed by atoms with van der Waals surface area (Å²) in [6, 6.07) is 3.27. The topological polar surface area (TPSA) is 42.0 Å². The van der Waals surface area contributed by atoms with Crippen molar-refractivity contribution in [2.24, 2.45) is 0 Å². The van der Waals surface area contributed by atoms with Gasteiger partial charge in [0.2, 0.25) is 0 Å². The molecular weight excluding hydrogens is 235 g/mol. The van der Waals surface area contributed by atoms with Crippen molar-refractivity contribution in [2.75, 3.05) is 11.8 Å². The zero-order valence-electron chi connectivity index (χ0n) is 8.34. The van der Waals surface area contributed by atoms with Crippen molar-refractivity contribution in [3.05, 3.63) is 30.1 Å². The maximum absolute atomic E-state index is 11.7. The third-order valence-corrected chi connectivity index (χ3v) is 3.13. The van der Waals surface area contributed by atoms with E-state index in [1.54, 1.807) is 31.5 Å². The van der Waals surface area contributed by atoms with Gasteiger partial charge in [0.15, 0.2) is 0 Å². The van der Waals surface area contributed by atoms with Gasteiger partial charge in [-0.25, -0.2) is 0 Å². The van der Waals surface area contributed by atoms with Gasteiger partial charge in [0.05, 0.1) is 5.54 Å². The molecular formula is C10H12Cl2N2O. The quantitative estimate of drug-likeness (QED) is 0.827. The van der Waals surface area contributed by atoms with E-state index in [1.807, 2.05) is 0 Å². The van der Waals surface area contributed by atoms with E-state index in [9.17, 15) is 4.79 Å². The molecule has 0 radical (unpaired) electrons. The highest BCUT2D eigenvalue weighted by molar-refractivity contribution is 6.22. The second-order valence-corrected chi connectivity index (χ2v) is 4.05. The van der Waals surface area contributed by atoms with E-state index in [0.717, 1.165) is 0 Å². The van der Waals surface area contributed by atoms with Crippen LogP contribution in [0.25, 0.3) is 0 Å². The molecule has 1 rings (SSSR count). The van der Waals surface area contributed by atoms with Gasteiger partial charge in [-0.3, -0.25) is 9.78 Å². The van der Waals surface area contributed by atoms with Crippen molar-refractivity contribution in [3.63, 3.8) is 0 Å². The fourth-order valence-electron chi connectivity index (χ4n) is 0.952. The molecule has 0 atom stereocenters. The average Bonchev–Trinajstić information content (AvgIpc) is 2.30. The van der Waals surface area contributed by atoms with Crippen LogP contribution in [0.4, 0.5) is 0 Å². The highest BCUT2D eigenvalue weighted by atomic mass is 35.5. The first-order chi connectivity index (χ1) is 7.11. The lowest BCUT2D eigenvalue weighted by atomic mass is 10.1. The summed E-state index contributed by atoms with van der Waals surface area (Å²) in [5, 5.41) is 2.78. The van der Waals surface area contributed by atoms with Crippen LogP contribution in [0.2, 0.25) is 0 Å². The van der Waals surface area contributed by atoms with Gasteiger partial charge >= 0.3 is 0 Å². The maximum Gasteiger partial charge on any atom is 0.251 e. The summed E-state index contributed by atoms with van der Waals surface area (Å²) < 4.78 is 0. The van der Waals surface area contributed by atoms with E-state index >= 15 is 0 Å². The molecule has 3 nitrogen and oxygen atoms in total. The monoisotopic (exact) mass is 246 g/mol. The number of aromatic nitrogens is 1. The molecule has 1 amide bonds. The van der Waals surface area contributed by atoms with Crippen LogP contribution in [0.15, 0.2) is 24.5 Å². The predicted octanol–water partition coefficient (Wildman–Crippen LogP) is 2.05. The van der Waals surface area contributed by atoms with Gasteiger partial charge in [-0.2, -0.15) is 0 Å². The van der Waals surface area contributed by atoms with Crippen molar-refractivity contribution in [1.82, 2.24) is 10.3 Å². The molecule has 0 spiro atoms. The second kappa shape index (κ2) is 5.33. The minimum atomic E-state index is -0.580. The third-order valence-electron chi connectivity index (χ3n) is 1.95. The van der Waals surface area contributed by atoms with Gasteiger partial charge in [0.1, 0.15) is 0 Å². The molecule has 0 unspecified atom stereocenters. The zero-order chi connectivity index (χ0) is 11.3. The molecule has 0 aliphatic rings. The molecule has 1 heterocycles. The van der Waals surface area contributed by atoms with E-state index in [-0.39, 0.29) is 17.7 Å². The third kappa shape index (κ3) is 3.36. The molecule has 0 saturated heterocycles. The number of nitrogens with zero attached hydrogens (tertiary/aromatic N) is 1. The van der Waals surface area contributed by atoms with Crippen LogP contribution < -0.4 is 5.32 Å². The highest BCUT2D eigenvalue weighted by Gasteiger charge is 2.24. The summed E-state index contributed by atoms with van der Waals surface area (Å²) in [5.41, 5.74) is -0.0322. The number of amides is 1. The molecule has 1 N–H and O–H groups in total. The van der Waals surface area contributed by atoms with Crippen molar-refractivity contribution in [3.8, 4) is 0 Å². The molecule has 0 aliphatic carbocycles. The predicted molar refractivity (Wildman–Crippen MR) is 61.5 cm³/mol. The largest absolute Gasteiger partial charge is 0.344 e. The lowest BCUT2D eigenvalue weighted by Gasteiger charge is -2.25. The number of hydrogen-bond donors (Lipinski definition) is 1. The van der Waals surface area contributed by atoms with Gasteiger partial charge in [0.25, 0.3) is 5.91 Å². The van der Waals surface area contributed by atoms with Crippen molar-refractivity contribution < 1.29 is 4.79 Å². The number of rotatable bonds is 4. The summed E-state index contributed by atoms with van der Waals surface area (Å²) in [7, 11) is 0. The molecule has 1 aromatic rings. The number of nitrogens with one attached hydrogen (secondary N) is 1. The average molecular weight is 247 g/mol. The molecule has 0 fully saturated rings. The Morgan fingerprint density at radius 1 is 1.40 bits per heavy atom. The normalized spacial score (nSPS) is 11.1. The molecule has 0 saturated carbocycles. The molecule has 0 aliphatic heterocycles. The van der Waals surface area contributed by atoms with Crippen molar-refractivity contribution >= 4 is 29.1 Å². The molecule has 1 aromatic heterocycles. The Hall–Kier alpha value is -0.800. The van der Waals surface area contributed by atoms with Crippen LogP contribution in [-0.2, 0) is 0 Å². The Morgan fingerprint density at radius 3 is 2.40 bits per heavy atom. The maximum atomic E-state index is 11.7. The van der Waals surface area contributed by atoms with Crippen LogP contribution in [0.3, 0.4) is 0 Å². The Balaban J connectivity index is 2.72. The smallest absolute Gasteiger partial charge is 0.251 e. The standard InChI is InChI=1S/C10H12Cl2N2O/c1-10(6-11,7-12)14-9(15)8-2-4-13-5-3-8/h2-5H,6-7H2,1H3,(H,14,15). The number of alkyl halides is 2. The highest BCUT2D eigenvalue weighted by Crippen LogP contribution is 2.10. The summed E-state index contributed by atoms with van der Waals surface area (Å²) in [6.45, 7) is 1.80. The molecule has 82 valence electrons. The van der Waals surface area contributed by atoms with Gasteiger partial charge in [-0.05, 0) is 19.1 Å². The van der Waals surface area contributed by atoms with Crippen LogP contribution in [0.5, 0.6) is 0 Å². The summed E-state index contributed by atoms with van der Waals surface area (Å²) in [5.74, 6) is 0.349. The number of pyridine rings is 1. The second-order valence-electron chi connectivity index (χ2n) is 3.52. The first-order valence-electron chi connectivity index (χ1n) is 4.46. The Bertz CT molecular complexity index is 325. The Labute approximate surface area is 98.8 Å². The van der Waals surface area contributed by atoms with Crippen molar-refractivity contribution in [1.29, 1.82) is 0 Å². The van der Waals surface area contributed by atoms with E-state index in [1.165, 1.54) is 0 Å². The number of carbonyl (C=O) groups excluding carboxylic acids is 1. The van der Waals surface area contributed by atoms with Gasteiger partial charge in [-0.15, -0.1) is 23.2 Å². The fourth-order valence-corrected chi connectivity index (χ4v) is 1.37. The molecule has 0 aromatic carbocycles.